The summed E-state index contributed by atoms with van der Waals surface area (Å²) in [5.41, 5.74) is 6.73. The molecule has 1 aromatic rings. The van der Waals surface area contributed by atoms with Crippen molar-refractivity contribution in [2.45, 2.75) is 6.42 Å². The molecule has 1 rings (SSSR count). The molecule has 1 atom stereocenters. The summed E-state index contributed by atoms with van der Waals surface area (Å²) in [6.45, 7) is 0. The molecule has 1 unspecified atom stereocenters. The smallest absolute Gasteiger partial charge is 0.225 e. The molecule has 0 bridgehead atoms. The first-order chi connectivity index (χ1) is 8.02. The molecule has 0 aliphatic heterocycles. The lowest BCUT2D eigenvalue weighted by atomic mass is 10.2. The number of ether oxygens (including phenoxy) is 1. The highest BCUT2D eigenvalue weighted by Gasteiger charge is 2.06. The number of amides is 1. The fourth-order valence-electron chi connectivity index (χ4n) is 1.23. The fraction of sp³-hybridized carbons (Fsp3) is 0.364. The average molecular weight is 256 g/mol. The lowest BCUT2D eigenvalue weighted by Gasteiger charge is -2.09. The van der Waals surface area contributed by atoms with E-state index in [0.717, 1.165) is 0 Å². The molecule has 0 spiro atoms. The van der Waals surface area contributed by atoms with Gasteiger partial charge in [-0.1, -0.05) is 0 Å². The summed E-state index contributed by atoms with van der Waals surface area (Å²) >= 11 is 0. The van der Waals surface area contributed by atoms with Crippen molar-refractivity contribution in [2.75, 3.05) is 30.2 Å². The van der Waals surface area contributed by atoms with Crippen molar-refractivity contribution in [3.8, 4) is 5.75 Å². The minimum Gasteiger partial charge on any atom is -0.497 e. The number of carbonyl (C=O) groups excluding carboxylic acids is 1. The van der Waals surface area contributed by atoms with Gasteiger partial charge in [0.1, 0.15) is 5.75 Å². The summed E-state index contributed by atoms with van der Waals surface area (Å²) in [6, 6.07) is 5.02. The molecule has 5 nitrogen and oxygen atoms in total. The average Bonchev–Trinajstić information content (AvgIpc) is 2.29. The number of nitrogens with two attached hydrogens (primary N) is 1. The summed E-state index contributed by atoms with van der Waals surface area (Å²) < 4.78 is 15.8. The Balaban J connectivity index is 2.62. The number of carbonyl (C=O) groups is 1. The number of hydrogen-bond donors (Lipinski definition) is 2. The first-order valence-electron chi connectivity index (χ1n) is 5.06. The maximum absolute atomic E-state index is 11.5. The normalized spacial score (nSPS) is 11.9. The van der Waals surface area contributed by atoms with Crippen LogP contribution in [0.3, 0.4) is 0 Å². The van der Waals surface area contributed by atoms with Gasteiger partial charge in [-0.3, -0.25) is 9.00 Å². The van der Waals surface area contributed by atoms with Crippen LogP contribution in [0, 0.1) is 0 Å². The molecule has 0 aromatic heterocycles. The van der Waals surface area contributed by atoms with Crippen molar-refractivity contribution in [3.63, 3.8) is 0 Å². The van der Waals surface area contributed by atoms with Gasteiger partial charge >= 0.3 is 0 Å². The number of rotatable bonds is 5. The number of methoxy groups -OCH3 is 1. The first-order valence-corrected chi connectivity index (χ1v) is 6.79. The van der Waals surface area contributed by atoms with Crippen LogP contribution in [-0.2, 0) is 15.6 Å². The Labute approximate surface area is 103 Å². The zero-order chi connectivity index (χ0) is 12.8. The van der Waals surface area contributed by atoms with Gasteiger partial charge < -0.3 is 15.8 Å². The predicted octanol–water partition coefficient (Wildman–Crippen LogP) is 0.984. The van der Waals surface area contributed by atoms with Crippen LogP contribution in [0.2, 0.25) is 0 Å². The maximum atomic E-state index is 11.5. The van der Waals surface area contributed by atoms with Crippen molar-refractivity contribution in [1.82, 2.24) is 0 Å². The van der Waals surface area contributed by atoms with Gasteiger partial charge in [-0.2, -0.15) is 0 Å². The Morgan fingerprint density at radius 2 is 2.24 bits per heavy atom. The second kappa shape index (κ2) is 6.24. The Morgan fingerprint density at radius 1 is 1.53 bits per heavy atom. The molecule has 0 heterocycles. The number of anilines is 2. The molecule has 3 N–H and O–H groups in total. The fourth-order valence-corrected chi connectivity index (χ4v) is 1.70. The van der Waals surface area contributed by atoms with Crippen molar-refractivity contribution in [2.24, 2.45) is 0 Å². The summed E-state index contributed by atoms with van der Waals surface area (Å²) in [5.74, 6) is 0.786. The standard InChI is InChI=1S/C11H16N2O3S/c1-16-8-3-4-10(9(12)7-8)13-11(14)5-6-17(2)15/h3-4,7H,5-6,12H2,1-2H3,(H,13,14). The summed E-state index contributed by atoms with van der Waals surface area (Å²) in [6.07, 6.45) is 1.78. The van der Waals surface area contributed by atoms with Crippen LogP contribution >= 0.6 is 0 Å². The first kappa shape index (κ1) is 13.5. The highest BCUT2D eigenvalue weighted by Crippen LogP contribution is 2.23. The van der Waals surface area contributed by atoms with Crippen LogP contribution in [0.5, 0.6) is 5.75 Å². The van der Waals surface area contributed by atoms with E-state index in [4.69, 9.17) is 10.5 Å². The maximum Gasteiger partial charge on any atom is 0.225 e. The van der Waals surface area contributed by atoms with Crippen LogP contribution in [0.15, 0.2) is 18.2 Å². The van der Waals surface area contributed by atoms with Crippen LogP contribution < -0.4 is 15.8 Å². The van der Waals surface area contributed by atoms with Crippen molar-refractivity contribution in [1.29, 1.82) is 0 Å². The van der Waals surface area contributed by atoms with Crippen LogP contribution in [-0.4, -0.2) is 29.2 Å². The molecule has 0 aliphatic carbocycles. The number of hydrogen-bond acceptors (Lipinski definition) is 4. The van der Waals surface area contributed by atoms with E-state index in [9.17, 15) is 9.00 Å². The molecule has 0 saturated heterocycles. The summed E-state index contributed by atoms with van der Waals surface area (Å²) in [4.78, 5) is 11.5. The van der Waals surface area contributed by atoms with Gasteiger partial charge in [-0.05, 0) is 12.1 Å². The molecule has 0 radical (unpaired) electrons. The van der Waals surface area contributed by atoms with E-state index in [-0.39, 0.29) is 12.3 Å². The Kier molecular flexibility index (Phi) is 4.96. The van der Waals surface area contributed by atoms with E-state index in [1.54, 1.807) is 31.6 Å². The Bertz CT molecular complexity index is 435. The minimum absolute atomic E-state index is 0.197. The topological polar surface area (TPSA) is 81.4 Å². The molecule has 0 saturated carbocycles. The molecular weight excluding hydrogens is 240 g/mol. The molecule has 6 heteroatoms. The quantitative estimate of drug-likeness (QED) is 0.770. The van der Waals surface area contributed by atoms with Gasteiger partial charge in [0.2, 0.25) is 5.91 Å². The predicted molar refractivity (Wildman–Crippen MR) is 69.6 cm³/mol. The molecule has 1 aromatic carbocycles. The Morgan fingerprint density at radius 3 is 2.76 bits per heavy atom. The van der Waals surface area contributed by atoms with Crippen LogP contribution in [0.1, 0.15) is 6.42 Å². The molecule has 94 valence electrons. The molecular formula is C11H16N2O3S. The van der Waals surface area contributed by atoms with Gasteiger partial charge in [0.25, 0.3) is 0 Å². The molecule has 17 heavy (non-hydrogen) atoms. The Hall–Kier alpha value is -1.56. The van der Waals surface area contributed by atoms with Gasteiger partial charge in [-0.25, -0.2) is 0 Å². The second-order valence-electron chi connectivity index (χ2n) is 3.53. The molecule has 0 aliphatic rings. The highest BCUT2D eigenvalue weighted by atomic mass is 32.2. The van der Waals surface area contributed by atoms with Gasteiger partial charge in [-0.15, -0.1) is 0 Å². The summed E-state index contributed by atoms with van der Waals surface area (Å²) in [7, 11) is 0.579. The van der Waals surface area contributed by atoms with Crippen molar-refractivity contribution in [3.05, 3.63) is 18.2 Å². The molecule has 0 fully saturated rings. The number of nitrogens with one attached hydrogen (secondary N) is 1. The van der Waals surface area contributed by atoms with Crippen molar-refractivity contribution < 1.29 is 13.7 Å². The number of benzene rings is 1. The SMILES string of the molecule is COc1ccc(NC(=O)CCS(C)=O)c(N)c1. The lowest BCUT2D eigenvalue weighted by Crippen LogP contribution is -2.15. The third-order valence-electron chi connectivity index (χ3n) is 2.15. The monoisotopic (exact) mass is 256 g/mol. The third kappa shape index (κ3) is 4.44. The van der Waals surface area contributed by atoms with Crippen LogP contribution in [0.4, 0.5) is 11.4 Å². The van der Waals surface area contributed by atoms with E-state index >= 15 is 0 Å². The largest absolute Gasteiger partial charge is 0.497 e. The van der Waals surface area contributed by atoms with Crippen molar-refractivity contribution >= 4 is 28.1 Å². The zero-order valence-electron chi connectivity index (χ0n) is 9.86. The lowest BCUT2D eigenvalue weighted by molar-refractivity contribution is -0.115. The third-order valence-corrected chi connectivity index (χ3v) is 2.93. The van der Waals surface area contributed by atoms with Gasteiger partial charge in [0, 0.05) is 35.3 Å². The van der Waals surface area contributed by atoms with Crippen LogP contribution in [0.25, 0.3) is 0 Å². The number of nitrogen functional groups attached to an aromatic ring is 1. The van der Waals surface area contributed by atoms with E-state index < -0.39 is 10.8 Å². The van der Waals surface area contributed by atoms with E-state index in [1.807, 2.05) is 0 Å². The van der Waals surface area contributed by atoms with Gasteiger partial charge in [0.15, 0.2) is 0 Å². The minimum atomic E-state index is -0.967. The highest BCUT2D eigenvalue weighted by molar-refractivity contribution is 7.84. The van der Waals surface area contributed by atoms with E-state index in [2.05, 4.69) is 5.32 Å². The van der Waals surface area contributed by atoms with E-state index in [1.165, 1.54) is 0 Å². The summed E-state index contributed by atoms with van der Waals surface area (Å²) in [5, 5.41) is 2.66. The second-order valence-corrected chi connectivity index (χ2v) is 5.08. The zero-order valence-corrected chi connectivity index (χ0v) is 10.7. The van der Waals surface area contributed by atoms with E-state index in [0.29, 0.717) is 22.9 Å². The van der Waals surface area contributed by atoms with Gasteiger partial charge in [0.05, 0.1) is 18.5 Å². The molecule has 1 amide bonds.